The monoisotopic (exact) mass is 452 g/mol. The smallest absolute Gasteiger partial charge is 0.305 e. The zero-order valence-corrected chi connectivity index (χ0v) is 20.2. The molecule has 1 heterocycles. The van der Waals surface area contributed by atoms with Crippen LogP contribution in [0, 0.1) is 13.8 Å². The number of aryl methyl sites for hydroxylation is 3. The van der Waals surface area contributed by atoms with Gasteiger partial charge < -0.3 is 14.4 Å². The van der Waals surface area contributed by atoms with Crippen LogP contribution < -0.4 is 9.64 Å². The molecule has 1 aromatic heterocycles. The molecule has 0 N–H and O–H groups in total. The van der Waals surface area contributed by atoms with Crippen molar-refractivity contribution in [2.45, 2.75) is 53.2 Å². The number of esters is 1. The molecule has 0 radical (unpaired) electrons. The van der Waals surface area contributed by atoms with E-state index in [1.54, 1.807) is 11.3 Å². The summed E-state index contributed by atoms with van der Waals surface area (Å²) < 4.78 is 10.6. The predicted molar refractivity (Wildman–Crippen MR) is 130 cm³/mol. The van der Waals surface area contributed by atoms with Crippen LogP contribution >= 0.6 is 11.3 Å². The maximum Gasteiger partial charge on any atom is 0.305 e. The van der Waals surface area contributed by atoms with Gasteiger partial charge in [-0.05, 0) is 55.5 Å². The highest BCUT2D eigenvalue weighted by Gasteiger charge is 2.12. The first-order valence-electron chi connectivity index (χ1n) is 11.0. The van der Waals surface area contributed by atoms with Crippen LogP contribution in [-0.2, 0) is 29.1 Å². The van der Waals surface area contributed by atoms with Crippen LogP contribution in [0.5, 0.6) is 5.75 Å². The number of thiazole rings is 1. The lowest BCUT2D eigenvalue weighted by atomic mass is 10.1. The lowest BCUT2D eigenvalue weighted by molar-refractivity contribution is -0.140. The normalized spacial score (nSPS) is 10.8. The Labute approximate surface area is 195 Å². The first-order valence-corrected chi connectivity index (χ1v) is 11.9. The van der Waals surface area contributed by atoms with Crippen molar-refractivity contribution < 1.29 is 14.3 Å². The van der Waals surface area contributed by atoms with Gasteiger partial charge in [0.15, 0.2) is 5.13 Å². The van der Waals surface area contributed by atoms with Crippen molar-refractivity contribution in [3.05, 3.63) is 75.8 Å². The Morgan fingerprint density at radius 3 is 2.25 bits per heavy atom. The van der Waals surface area contributed by atoms with Crippen LogP contribution in [0.3, 0.4) is 0 Å². The third-order valence-electron chi connectivity index (χ3n) is 5.35. The number of hydrogen-bond donors (Lipinski definition) is 0. The molecule has 0 amide bonds. The van der Waals surface area contributed by atoms with Crippen molar-refractivity contribution in [1.29, 1.82) is 0 Å². The van der Waals surface area contributed by atoms with E-state index in [2.05, 4.69) is 54.7 Å². The summed E-state index contributed by atoms with van der Waals surface area (Å²) in [4.78, 5) is 19.6. The van der Waals surface area contributed by atoms with Gasteiger partial charge in [0, 0.05) is 24.4 Å². The Balaban J connectivity index is 1.53. The van der Waals surface area contributed by atoms with Crippen LogP contribution in [0.4, 0.5) is 5.13 Å². The number of ether oxygens (including phenoxy) is 2. The van der Waals surface area contributed by atoms with Gasteiger partial charge in [-0.3, -0.25) is 4.79 Å². The number of methoxy groups -OCH3 is 1. The van der Waals surface area contributed by atoms with Crippen molar-refractivity contribution in [2.75, 3.05) is 18.6 Å². The van der Waals surface area contributed by atoms with Crippen molar-refractivity contribution in [3.8, 4) is 5.75 Å². The molecule has 0 spiro atoms. The summed E-state index contributed by atoms with van der Waals surface area (Å²) in [5, 5.41) is 1.10. The molecule has 0 atom stereocenters. The van der Waals surface area contributed by atoms with E-state index in [-0.39, 0.29) is 5.97 Å². The fourth-order valence-corrected chi connectivity index (χ4v) is 4.27. The molecule has 0 unspecified atom stereocenters. The first kappa shape index (κ1) is 23.8. The Morgan fingerprint density at radius 2 is 1.66 bits per heavy atom. The third-order valence-corrected chi connectivity index (χ3v) is 6.49. The van der Waals surface area contributed by atoms with Crippen molar-refractivity contribution >= 4 is 22.4 Å². The summed E-state index contributed by atoms with van der Waals surface area (Å²) in [5.41, 5.74) is 4.61. The van der Waals surface area contributed by atoms with Gasteiger partial charge in [-0.2, -0.15) is 0 Å². The Bertz CT molecular complexity index is 977. The number of carbonyl (C=O) groups is 1. The molecule has 3 aromatic rings. The van der Waals surface area contributed by atoms with Crippen molar-refractivity contribution in [1.82, 2.24) is 4.98 Å². The molecule has 6 heteroatoms. The molecule has 0 aliphatic rings. The molecule has 3 rings (SSSR count). The summed E-state index contributed by atoms with van der Waals surface area (Å²) in [6, 6.07) is 16.5. The standard InChI is InChI=1S/C26H32N2O3S/c1-5-16-28(26-27-19(2)20(3)32-26)17-22-6-8-23(9-7-22)18-31-24-13-10-21(11-14-24)12-15-25(29)30-4/h6-11,13-14H,5,12,15-18H2,1-4H3. The summed E-state index contributed by atoms with van der Waals surface area (Å²) in [6.07, 6.45) is 2.15. The predicted octanol–water partition coefficient (Wildman–Crippen LogP) is 5.86. The van der Waals surface area contributed by atoms with Crippen LogP contribution in [0.15, 0.2) is 48.5 Å². The van der Waals surface area contributed by atoms with E-state index in [1.165, 1.54) is 17.6 Å². The number of carbonyl (C=O) groups excluding carboxylic acids is 1. The third kappa shape index (κ3) is 6.82. The van der Waals surface area contributed by atoms with Gasteiger partial charge in [0.25, 0.3) is 0 Å². The quantitative estimate of drug-likeness (QED) is 0.341. The maximum absolute atomic E-state index is 11.3. The summed E-state index contributed by atoms with van der Waals surface area (Å²) in [5.74, 6) is 0.628. The van der Waals surface area contributed by atoms with Gasteiger partial charge >= 0.3 is 5.97 Å². The number of rotatable bonds is 11. The lowest BCUT2D eigenvalue weighted by Gasteiger charge is -2.21. The lowest BCUT2D eigenvalue weighted by Crippen LogP contribution is -2.23. The topological polar surface area (TPSA) is 51.7 Å². The molecule has 170 valence electrons. The molecular formula is C26H32N2O3S. The zero-order valence-electron chi connectivity index (χ0n) is 19.4. The average Bonchev–Trinajstić information content (AvgIpc) is 3.15. The second kappa shape index (κ2) is 11.7. The van der Waals surface area contributed by atoms with E-state index in [0.717, 1.165) is 47.2 Å². The van der Waals surface area contributed by atoms with E-state index < -0.39 is 0 Å². The van der Waals surface area contributed by atoms with E-state index in [0.29, 0.717) is 19.4 Å². The van der Waals surface area contributed by atoms with Crippen LogP contribution in [0.1, 0.15) is 47.0 Å². The summed E-state index contributed by atoms with van der Waals surface area (Å²) >= 11 is 1.77. The number of benzene rings is 2. The second-order valence-electron chi connectivity index (χ2n) is 7.88. The molecule has 0 saturated heterocycles. The van der Waals surface area contributed by atoms with Gasteiger partial charge in [0.1, 0.15) is 12.4 Å². The number of nitrogens with zero attached hydrogens (tertiary/aromatic N) is 2. The molecule has 0 saturated carbocycles. The van der Waals surface area contributed by atoms with E-state index in [9.17, 15) is 4.79 Å². The Kier molecular flexibility index (Phi) is 8.68. The highest BCUT2D eigenvalue weighted by atomic mass is 32.1. The Hall–Kier alpha value is -2.86. The van der Waals surface area contributed by atoms with Gasteiger partial charge in [0.05, 0.1) is 12.8 Å². The number of anilines is 1. The molecule has 0 fully saturated rings. The van der Waals surface area contributed by atoms with Crippen LogP contribution in [0.2, 0.25) is 0 Å². The fourth-order valence-electron chi connectivity index (χ4n) is 3.33. The van der Waals surface area contributed by atoms with Crippen molar-refractivity contribution in [2.24, 2.45) is 0 Å². The molecular weight excluding hydrogens is 420 g/mol. The summed E-state index contributed by atoms with van der Waals surface area (Å²) in [6.45, 7) is 8.77. The maximum atomic E-state index is 11.3. The van der Waals surface area contributed by atoms with Gasteiger partial charge in [-0.1, -0.05) is 43.3 Å². The second-order valence-corrected chi connectivity index (χ2v) is 9.07. The zero-order chi connectivity index (χ0) is 22.9. The molecule has 0 bridgehead atoms. The number of hydrogen-bond acceptors (Lipinski definition) is 6. The average molecular weight is 453 g/mol. The van der Waals surface area contributed by atoms with Gasteiger partial charge in [-0.15, -0.1) is 11.3 Å². The summed E-state index contributed by atoms with van der Waals surface area (Å²) in [7, 11) is 1.41. The van der Waals surface area contributed by atoms with E-state index in [4.69, 9.17) is 9.72 Å². The van der Waals surface area contributed by atoms with E-state index >= 15 is 0 Å². The van der Waals surface area contributed by atoms with Crippen LogP contribution in [0.25, 0.3) is 0 Å². The van der Waals surface area contributed by atoms with Crippen LogP contribution in [-0.4, -0.2) is 24.6 Å². The SMILES string of the molecule is CCCN(Cc1ccc(COc2ccc(CCC(=O)OC)cc2)cc1)c1nc(C)c(C)s1. The van der Waals surface area contributed by atoms with Crippen molar-refractivity contribution in [3.63, 3.8) is 0 Å². The van der Waals surface area contributed by atoms with E-state index in [1.807, 2.05) is 24.3 Å². The molecule has 0 aliphatic carbocycles. The minimum atomic E-state index is -0.191. The fraction of sp³-hybridized carbons (Fsp3) is 0.385. The highest BCUT2D eigenvalue weighted by Crippen LogP contribution is 2.27. The Morgan fingerprint density at radius 1 is 1.00 bits per heavy atom. The molecule has 5 nitrogen and oxygen atoms in total. The first-order chi connectivity index (χ1) is 15.5. The molecule has 2 aromatic carbocycles. The van der Waals surface area contributed by atoms with Gasteiger partial charge in [-0.25, -0.2) is 4.98 Å². The largest absolute Gasteiger partial charge is 0.489 e. The minimum Gasteiger partial charge on any atom is -0.489 e. The molecule has 0 aliphatic heterocycles. The highest BCUT2D eigenvalue weighted by molar-refractivity contribution is 7.15. The minimum absolute atomic E-state index is 0.191. The van der Waals surface area contributed by atoms with Gasteiger partial charge in [0.2, 0.25) is 0 Å². The molecule has 32 heavy (non-hydrogen) atoms. The number of aromatic nitrogens is 1.